The molecule has 0 aliphatic carbocycles. The van der Waals surface area contributed by atoms with Gasteiger partial charge in [0.05, 0.1) is 6.04 Å². The van der Waals surface area contributed by atoms with Crippen LogP contribution in [0.2, 0.25) is 0 Å². The van der Waals surface area contributed by atoms with Crippen molar-refractivity contribution in [3.63, 3.8) is 0 Å². The monoisotopic (exact) mass is 200 g/mol. The van der Waals surface area contributed by atoms with E-state index in [1.165, 1.54) is 17.9 Å². The lowest BCUT2D eigenvalue weighted by molar-refractivity contribution is -0.128. The van der Waals surface area contributed by atoms with E-state index in [0.29, 0.717) is 6.04 Å². The SMILES string of the molecule is CN1CCC(NC2CCSC2)C1=O. The molecule has 0 spiro atoms. The van der Waals surface area contributed by atoms with Crippen LogP contribution in [0.25, 0.3) is 0 Å². The van der Waals surface area contributed by atoms with E-state index in [4.69, 9.17) is 0 Å². The van der Waals surface area contributed by atoms with Crippen LogP contribution in [0.3, 0.4) is 0 Å². The topological polar surface area (TPSA) is 32.3 Å². The minimum atomic E-state index is 0.105. The van der Waals surface area contributed by atoms with E-state index in [1.807, 2.05) is 23.7 Å². The summed E-state index contributed by atoms with van der Waals surface area (Å²) in [6, 6.07) is 0.680. The maximum absolute atomic E-state index is 11.5. The van der Waals surface area contributed by atoms with E-state index in [0.717, 1.165) is 13.0 Å². The molecule has 2 unspecified atom stereocenters. The molecule has 0 aromatic rings. The molecule has 1 amide bonds. The van der Waals surface area contributed by atoms with Crippen molar-refractivity contribution in [1.82, 2.24) is 10.2 Å². The third-order valence-corrected chi connectivity index (χ3v) is 3.96. The number of carbonyl (C=O) groups excluding carboxylic acids is 1. The summed E-state index contributed by atoms with van der Waals surface area (Å²) in [4.78, 5) is 13.4. The molecule has 74 valence electrons. The zero-order chi connectivity index (χ0) is 9.26. The Morgan fingerprint density at radius 1 is 1.54 bits per heavy atom. The van der Waals surface area contributed by atoms with Crippen molar-refractivity contribution < 1.29 is 4.79 Å². The van der Waals surface area contributed by atoms with Crippen molar-refractivity contribution in [3.8, 4) is 0 Å². The molecule has 0 aromatic heterocycles. The first-order valence-electron chi connectivity index (χ1n) is 4.86. The fourth-order valence-corrected chi connectivity index (χ4v) is 3.09. The summed E-state index contributed by atoms with van der Waals surface area (Å²) in [6.07, 6.45) is 2.20. The molecule has 0 bridgehead atoms. The van der Waals surface area contributed by atoms with Gasteiger partial charge in [0.1, 0.15) is 0 Å². The van der Waals surface area contributed by atoms with Crippen LogP contribution in [-0.2, 0) is 4.79 Å². The lowest BCUT2D eigenvalue weighted by Crippen LogP contribution is -2.43. The smallest absolute Gasteiger partial charge is 0.239 e. The number of hydrogen-bond acceptors (Lipinski definition) is 3. The van der Waals surface area contributed by atoms with Gasteiger partial charge in [-0.2, -0.15) is 11.8 Å². The van der Waals surface area contributed by atoms with Crippen molar-refractivity contribution in [2.45, 2.75) is 24.9 Å². The highest BCUT2D eigenvalue weighted by Crippen LogP contribution is 2.19. The highest BCUT2D eigenvalue weighted by atomic mass is 32.2. The predicted octanol–water partition coefficient (Wildman–Crippen LogP) is 0.312. The van der Waals surface area contributed by atoms with Crippen molar-refractivity contribution in [2.75, 3.05) is 25.1 Å². The Kier molecular flexibility index (Phi) is 2.79. The van der Waals surface area contributed by atoms with Crippen LogP contribution < -0.4 is 5.32 Å². The molecule has 1 N–H and O–H groups in total. The number of thioether (sulfide) groups is 1. The molecule has 4 heteroatoms. The van der Waals surface area contributed by atoms with Gasteiger partial charge in [0, 0.05) is 25.4 Å². The van der Waals surface area contributed by atoms with Gasteiger partial charge in [-0.05, 0) is 18.6 Å². The maximum atomic E-state index is 11.5. The number of amides is 1. The number of nitrogens with one attached hydrogen (secondary N) is 1. The van der Waals surface area contributed by atoms with Gasteiger partial charge in [0.15, 0.2) is 0 Å². The summed E-state index contributed by atoms with van der Waals surface area (Å²) in [6.45, 7) is 0.913. The fraction of sp³-hybridized carbons (Fsp3) is 0.889. The minimum absolute atomic E-state index is 0.105. The van der Waals surface area contributed by atoms with Gasteiger partial charge in [-0.15, -0.1) is 0 Å². The van der Waals surface area contributed by atoms with Gasteiger partial charge in [0.2, 0.25) is 5.91 Å². The second-order valence-electron chi connectivity index (χ2n) is 3.83. The highest BCUT2D eigenvalue weighted by Gasteiger charge is 2.31. The van der Waals surface area contributed by atoms with Crippen LogP contribution in [0.15, 0.2) is 0 Å². The number of rotatable bonds is 2. The van der Waals surface area contributed by atoms with E-state index in [2.05, 4.69) is 5.32 Å². The van der Waals surface area contributed by atoms with Gasteiger partial charge < -0.3 is 10.2 Å². The molecule has 2 heterocycles. The van der Waals surface area contributed by atoms with Crippen LogP contribution >= 0.6 is 11.8 Å². The first kappa shape index (κ1) is 9.34. The Bertz CT molecular complexity index is 204. The van der Waals surface area contributed by atoms with Crippen LogP contribution in [0, 0.1) is 0 Å². The normalized spacial score (nSPS) is 34.5. The first-order valence-corrected chi connectivity index (χ1v) is 6.01. The molecular weight excluding hydrogens is 184 g/mol. The molecule has 2 aliphatic rings. The summed E-state index contributed by atoms with van der Waals surface area (Å²) < 4.78 is 0. The molecule has 13 heavy (non-hydrogen) atoms. The summed E-state index contributed by atoms with van der Waals surface area (Å²) in [5.41, 5.74) is 0. The summed E-state index contributed by atoms with van der Waals surface area (Å²) in [5, 5.41) is 3.45. The highest BCUT2D eigenvalue weighted by molar-refractivity contribution is 7.99. The number of nitrogens with zero attached hydrogens (tertiary/aromatic N) is 1. The minimum Gasteiger partial charge on any atom is -0.344 e. The average Bonchev–Trinajstić information content (AvgIpc) is 2.71. The molecule has 2 saturated heterocycles. The summed E-state index contributed by atoms with van der Waals surface area (Å²) in [7, 11) is 1.88. The molecule has 0 saturated carbocycles. The van der Waals surface area contributed by atoms with Crippen LogP contribution in [-0.4, -0.2) is 48.0 Å². The molecule has 2 rings (SSSR count). The summed E-state index contributed by atoms with van der Waals surface area (Å²) >= 11 is 1.98. The van der Waals surface area contributed by atoms with Gasteiger partial charge >= 0.3 is 0 Å². The molecule has 2 aliphatic heterocycles. The van der Waals surface area contributed by atoms with Gasteiger partial charge in [0.25, 0.3) is 0 Å². The van der Waals surface area contributed by atoms with Crippen molar-refractivity contribution in [1.29, 1.82) is 0 Å². The molecule has 0 aromatic carbocycles. The Morgan fingerprint density at radius 2 is 2.38 bits per heavy atom. The fourth-order valence-electron chi connectivity index (χ4n) is 1.93. The van der Waals surface area contributed by atoms with Gasteiger partial charge in [-0.25, -0.2) is 0 Å². The van der Waals surface area contributed by atoms with E-state index >= 15 is 0 Å². The number of likely N-dealkylation sites (tertiary alicyclic amines) is 1. The molecule has 2 atom stereocenters. The first-order chi connectivity index (χ1) is 6.27. The van der Waals surface area contributed by atoms with E-state index in [9.17, 15) is 4.79 Å². The molecular formula is C9H16N2OS. The lowest BCUT2D eigenvalue weighted by Gasteiger charge is -2.16. The quantitative estimate of drug-likeness (QED) is 0.696. The van der Waals surface area contributed by atoms with Gasteiger partial charge in [-0.1, -0.05) is 0 Å². The average molecular weight is 200 g/mol. The van der Waals surface area contributed by atoms with Crippen molar-refractivity contribution in [3.05, 3.63) is 0 Å². The number of hydrogen-bond donors (Lipinski definition) is 1. The molecule has 3 nitrogen and oxygen atoms in total. The Labute approximate surface area is 83.2 Å². The standard InChI is InChI=1S/C9H16N2OS/c1-11-4-2-8(9(11)12)10-7-3-5-13-6-7/h7-8,10H,2-6H2,1H3. The molecule has 0 radical (unpaired) electrons. The van der Waals surface area contributed by atoms with Crippen LogP contribution in [0.1, 0.15) is 12.8 Å². The number of carbonyl (C=O) groups is 1. The zero-order valence-electron chi connectivity index (χ0n) is 7.95. The van der Waals surface area contributed by atoms with E-state index in [1.54, 1.807) is 0 Å². The van der Waals surface area contributed by atoms with E-state index in [-0.39, 0.29) is 11.9 Å². The Morgan fingerprint density at radius 3 is 2.92 bits per heavy atom. The lowest BCUT2D eigenvalue weighted by atomic mass is 10.2. The zero-order valence-corrected chi connectivity index (χ0v) is 8.77. The van der Waals surface area contributed by atoms with Crippen LogP contribution in [0.5, 0.6) is 0 Å². The second kappa shape index (κ2) is 3.88. The third-order valence-electron chi connectivity index (χ3n) is 2.79. The predicted molar refractivity (Wildman–Crippen MR) is 54.9 cm³/mol. The number of likely N-dealkylation sites (N-methyl/N-ethyl adjacent to an activating group) is 1. The van der Waals surface area contributed by atoms with Crippen LogP contribution in [0.4, 0.5) is 0 Å². The summed E-state index contributed by atoms with van der Waals surface area (Å²) in [5.74, 6) is 2.69. The second-order valence-corrected chi connectivity index (χ2v) is 4.98. The van der Waals surface area contributed by atoms with Crippen molar-refractivity contribution >= 4 is 17.7 Å². The van der Waals surface area contributed by atoms with E-state index < -0.39 is 0 Å². The molecule has 2 fully saturated rings. The maximum Gasteiger partial charge on any atom is 0.239 e. The Balaban J connectivity index is 1.84. The van der Waals surface area contributed by atoms with Gasteiger partial charge in [-0.3, -0.25) is 4.79 Å². The largest absolute Gasteiger partial charge is 0.344 e. The third kappa shape index (κ3) is 1.99. The Hall–Kier alpha value is -0.220. The van der Waals surface area contributed by atoms with Crippen molar-refractivity contribution in [2.24, 2.45) is 0 Å².